The van der Waals surface area contributed by atoms with Crippen molar-refractivity contribution < 1.29 is 18.0 Å². The van der Waals surface area contributed by atoms with Gasteiger partial charge in [0.15, 0.2) is 0 Å². The van der Waals surface area contributed by atoms with Crippen molar-refractivity contribution in [2.45, 2.75) is 26.4 Å². The Balaban J connectivity index is 1.60. The molecule has 0 radical (unpaired) electrons. The highest BCUT2D eigenvalue weighted by molar-refractivity contribution is 7.15. The number of aryl methyl sites for hydroxylation is 2. The smallest absolute Gasteiger partial charge is 0.352 e. The van der Waals surface area contributed by atoms with Crippen molar-refractivity contribution in [3.63, 3.8) is 0 Å². The molecule has 3 aromatic rings. The number of amides is 1. The van der Waals surface area contributed by atoms with Gasteiger partial charge in [-0.3, -0.25) is 4.79 Å². The molecule has 0 bridgehead atoms. The zero-order valence-electron chi connectivity index (χ0n) is 15.4. The third-order valence-electron chi connectivity index (χ3n) is 4.27. The summed E-state index contributed by atoms with van der Waals surface area (Å²) < 4.78 is 37.8. The van der Waals surface area contributed by atoms with Gasteiger partial charge < -0.3 is 5.32 Å². The van der Waals surface area contributed by atoms with Gasteiger partial charge in [0.2, 0.25) is 0 Å². The van der Waals surface area contributed by atoms with E-state index in [-0.39, 0.29) is 5.56 Å². The molecular formula is C21H19F3N2OS. The molecule has 0 aliphatic carbocycles. The molecule has 3 nitrogen and oxygen atoms in total. The van der Waals surface area contributed by atoms with Gasteiger partial charge in [-0.05, 0) is 44.2 Å². The van der Waals surface area contributed by atoms with Gasteiger partial charge >= 0.3 is 6.18 Å². The average molecular weight is 404 g/mol. The molecule has 1 heterocycles. The fourth-order valence-electron chi connectivity index (χ4n) is 2.76. The Morgan fingerprint density at radius 2 is 1.82 bits per heavy atom. The second-order valence-electron chi connectivity index (χ2n) is 6.48. The SMILES string of the molecule is Cc1cccc(-c2nc(C)c(CCNC(=O)c3ccc(C(F)(F)F)cc3)s2)c1. The Morgan fingerprint density at radius 3 is 2.46 bits per heavy atom. The van der Waals surface area contributed by atoms with E-state index in [1.165, 1.54) is 12.1 Å². The molecule has 1 aromatic heterocycles. The summed E-state index contributed by atoms with van der Waals surface area (Å²) in [5.41, 5.74) is 2.58. The standard InChI is InChI=1S/C21H19F3N2OS/c1-13-4-3-5-16(12-13)20-26-14(2)18(28-20)10-11-25-19(27)15-6-8-17(9-7-15)21(22,23)24/h3-9,12H,10-11H2,1-2H3,(H,25,27). The fourth-order valence-corrected chi connectivity index (χ4v) is 3.82. The third-order valence-corrected chi connectivity index (χ3v) is 5.54. The summed E-state index contributed by atoms with van der Waals surface area (Å²) in [6.45, 7) is 4.35. The van der Waals surface area contributed by atoms with E-state index in [4.69, 9.17) is 0 Å². The first-order chi connectivity index (χ1) is 13.2. The minimum absolute atomic E-state index is 0.203. The van der Waals surface area contributed by atoms with E-state index in [9.17, 15) is 18.0 Å². The molecule has 2 aromatic carbocycles. The van der Waals surface area contributed by atoms with Crippen LogP contribution in [0.2, 0.25) is 0 Å². The van der Waals surface area contributed by atoms with Crippen LogP contribution in [0.5, 0.6) is 0 Å². The topological polar surface area (TPSA) is 42.0 Å². The highest BCUT2D eigenvalue weighted by Crippen LogP contribution is 2.30. The first-order valence-corrected chi connectivity index (χ1v) is 9.54. The fraction of sp³-hybridized carbons (Fsp3) is 0.238. The van der Waals surface area contributed by atoms with Gasteiger partial charge in [-0.25, -0.2) is 4.98 Å². The molecular weight excluding hydrogens is 385 g/mol. The van der Waals surface area contributed by atoms with Crippen molar-refractivity contribution in [1.82, 2.24) is 10.3 Å². The Kier molecular flexibility index (Phi) is 5.84. The summed E-state index contributed by atoms with van der Waals surface area (Å²) in [7, 11) is 0. The number of alkyl halides is 3. The molecule has 0 aliphatic rings. The highest BCUT2D eigenvalue weighted by Gasteiger charge is 2.30. The third kappa shape index (κ3) is 4.78. The van der Waals surface area contributed by atoms with Crippen LogP contribution in [0.25, 0.3) is 10.6 Å². The van der Waals surface area contributed by atoms with Crippen LogP contribution in [0.4, 0.5) is 13.2 Å². The molecule has 0 aliphatic heterocycles. The maximum absolute atomic E-state index is 12.6. The number of hydrogen-bond donors (Lipinski definition) is 1. The van der Waals surface area contributed by atoms with Crippen molar-refractivity contribution in [3.05, 3.63) is 75.8 Å². The van der Waals surface area contributed by atoms with Gasteiger partial charge in [-0.15, -0.1) is 11.3 Å². The molecule has 0 saturated carbocycles. The first kappa shape index (κ1) is 20.1. The van der Waals surface area contributed by atoms with Crippen LogP contribution in [-0.4, -0.2) is 17.4 Å². The molecule has 0 unspecified atom stereocenters. The number of nitrogens with one attached hydrogen (secondary N) is 1. The minimum Gasteiger partial charge on any atom is -0.352 e. The molecule has 3 rings (SSSR count). The van der Waals surface area contributed by atoms with Crippen molar-refractivity contribution in [1.29, 1.82) is 0 Å². The zero-order chi connectivity index (χ0) is 20.3. The second-order valence-corrected chi connectivity index (χ2v) is 7.56. The van der Waals surface area contributed by atoms with Gasteiger partial charge in [-0.1, -0.05) is 23.8 Å². The van der Waals surface area contributed by atoms with Crippen molar-refractivity contribution in [3.8, 4) is 10.6 Å². The second kappa shape index (κ2) is 8.14. The number of rotatable bonds is 5. The zero-order valence-corrected chi connectivity index (χ0v) is 16.2. The summed E-state index contributed by atoms with van der Waals surface area (Å²) in [5, 5.41) is 3.69. The molecule has 1 N–H and O–H groups in total. The average Bonchev–Trinajstić information content (AvgIpc) is 3.02. The molecule has 146 valence electrons. The Hall–Kier alpha value is -2.67. The normalized spacial score (nSPS) is 11.5. The number of hydrogen-bond acceptors (Lipinski definition) is 3. The molecule has 7 heteroatoms. The van der Waals surface area contributed by atoms with Crippen LogP contribution in [0, 0.1) is 13.8 Å². The van der Waals surface area contributed by atoms with Crippen LogP contribution >= 0.6 is 11.3 Å². The number of carbonyl (C=O) groups excluding carboxylic acids is 1. The predicted molar refractivity (Wildman–Crippen MR) is 105 cm³/mol. The summed E-state index contributed by atoms with van der Waals surface area (Å²) in [4.78, 5) is 17.8. The lowest BCUT2D eigenvalue weighted by atomic mass is 10.1. The van der Waals surface area contributed by atoms with Crippen LogP contribution in [0.15, 0.2) is 48.5 Å². The predicted octanol–water partition coefficient (Wildman–Crippen LogP) is 5.42. The highest BCUT2D eigenvalue weighted by atomic mass is 32.1. The molecule has 0 fully saturated rings. The maximum atomic E-state index is 12.6. The lowest BCUT2D eigenvalue weighted by molar-refractivity contribution is -0.137. The Morgan fingerprint density at radius 1 is 1.11 bits per heavy atom. The van der Waals surface area contributed by atoms with Crippen LogP contribution < -0.4 is 5.32 Å². The van der Waals surface area contributed by atoms with Gasteiger partial charge in [0.25, 0.3) is 5.91 Å². The number of halogens is 3. The maximum Gasteiger partial charge on any atom is 0.416 e. The minimum atomic E-state index is -4.41. The number of carbonyl (C=O) groups is 1. The van der Waals surface area contributed by atoms with Gasteiger partial charge in [0, 0.05) is 29.0 Å². The summed E-state index contributed by atoms with van der Waals surface area (Å²) in [6.07, 6.45) is -3.80. The van der Waals surface area contributed by atoms with Gasteiger partial charge in [0.05, 0.1) is 11.3 Å². The summed E-state index contributed by atoms with van der Waals surface area (Å²) >= 11 is 1.59. The number of benzene rings is 2. The van der Waals surface area contributed by atoms with E-state index in [1.807, 2.05) is 32.0 Å². The summed E-state index contributed by atoms with van der Waals surface area (Å²) in [5.74, 6) is -0.394. The Labute approximate surface area is 165 Å². The van der Waals surface area contributed by atoms with Gasteiger partial charge in [0.1, 0.15) is 5.01 Å². The molecule has 1 amide bonds. The number of nitrogens with zero attached hydrogens (tertiary/aromatic N) is 1. The van der Waals surface area contributed by atoms with E-state index < -0.39 is 17.6 Å². The first-order valence-electron chi connectivity index (χ1n) is 8.73. The lowest BCUT2D eigenvalue weighted by Gasteiger charge is -2.08. The molecule has 0 atom stereocenters. The lowest BCUT2D eigenvalue weighted by Crippen LogP contribution is -2.25. The summed E-state index contributed by atoms with van der Waals surface area (Å²) in [6, 6.07) is 12.3. The molecule has 28 heavy (non-hydrogen) atoms. The van der Waals surface area contributed by atoms with Crippen LogP contribution in [0.1, 0.15) is 32.1 Å². The van der Waals surface area contributed by atoms with Crippen molar-refractivity contribution in [2.75, 3.05) is 6.54 Å². The quantitative estimate of drug-likeness (QED) is 0.617. The largest absolute Gasteiger partial charge is 0.416 e. The molecule has 0 spiro atoms. The molecule has 0 saturated heterocycles. The van der Waals surface area contributed by atoms with E-state index in [1.54, 1.807) is 11.3 Å². The van der Waals surface area contributed by atoms with Gasteiger partial charge in [-0.2, -0.15) is 13.2 Å². The monoisotopic (exact) mass is 404 g/mol. The van der Waals surface area contributed by atoms with Crippen molar-refractivity contribution >= 4 is 17.2 Å². The van der Waals surface area contributed by atoms with E-state index in [0.717, 1.165) is 38.8 Å². The number of thiazole rings is 1. The van der Waals surface area contributed by atoms with E-state index in [0.29, 0.717) is 13.0 Å². The van der Waals surface area contributed by atoms with E-state index in [2.05, 4.69) is 16.4 Å². The Bertz CT molecular complexity index is 978. The van der Waals surface area contributed by atoms with Crippen molar-refractivity contribution in [2.24, 2.45) is 0 Å². The number of aromatic nitrogens is 1. The van der Waals surface area contributed by atoms with Crippen LogP contribution in [-0.2, 0) is 12.6 Å². The van der Waals surface area contributed by atoms with Crippen LogP contribution in [0.3, 0.4) is 0 Å². The van der Waals surface area contributed by atoms with E-state index >= 15 is 0 Å².